The molecular weight excluding hydrogens is 356 g/mol. The fourth-order valence-electron chi connectivity index (χ4n) is 3.33. The van der Waals surface area contributed by atoms with Gasteiger partial charge in [0.2, 0.25) is 5.91 Å². The summed E-state index contributed by atoms with van der Waals surface area (Å²) in [6.45, 7) is 7.26. The third-order valence-electron chi connectivity index (χ3n) is 4.92. The predicted molar refractivity (Wildman–Crippen MR) is 111 cm³/mol. The van der Waals surface area contributed by atoms with Gasteiger partial charge >= 0.3 is 0 Å². The summed E-state index contributed by atoms with van der Waals surface area (Å²) in [7, 11) is 1.61. The van der Waals surface area contributed by atoms with Gasteiger partial charge in [-0.15, -0.1) is 0 Å². The van der Waals surface area contributed by atoms with Crippen molar-refractivity contribution in [3.05, 3.63) is 41.6 Å². The maximum Gasteiger partial charge on any atom is 0.255 e. The molecule has 0 bridgehead atoms. The second-order valence-electron chi connectivity index (χ2n) is 6.86. The van der Waals surface area contributed by atoms with Crippen LogP contribution in [0.2, 0.25) is 0 Å². The summed E-state index contributed by atoms with van der Waals surface area (Å²) in [4.78, 5) is 40.8. The van der Waals surface area contributed by atoms with E-state index in [1.807, 2.05) is 13.0 Å². The lowest BCUT2D eigenvalue weighted by Crippen LogP contribution is -2.46. The van der Waals surface area contributed by atoms with E-state index in [2.05, 4.69) is 15.5 Å². The van der Waals surface area contributed by atoms with Crippen LogP contribution in [0.3, 0.4) is 0 Å². The number of aldehydes is 1. The minimum atomic E-state index is -0.596. The summed E-state index contributed by atoms with van der Waals surface area (Å²) in [5, 5.41) is 5.98. The molecule has 0 aromatic heterocycles. The van der Waals surface area contributed by atoms with Crippen LogP contribution in [-0.4, -0.2) is 62.3 Å². The standard InChI is InChI=1S/C21H30N4O3/c1-4-6-19(20(27)23-9-5-2)24(3)21(28)18-8-7-17(14-16(18)15-26)25-12-10-22-11-13-25/h5,7-9,14-15,19,22H,4,6,10-13H2,1-3H3,(H,23,27). The zero-order valence-corrected chi connectivity index (χ0v) is 16.9. The van der Waals surface area contributed by atoms with Crippen LogP contribution >= 0.6 is 0 Å². The summed E-state index contributed by atoms with van der Waals surface area (Å²) in [6, 6.07) is 4.72. The van der Waals surface area contributed by atoms with Crippen molar-refractivity contribution in [2.75, 3.05) is 38.1 Å². The Morgan fingerprint density at radius 1 is 1.32 bits per heavy atom. The fourth-order valence-corrected chi connectivity index (χ4v) is 3.33. The molecule has 1 atom stereocenters. The number of hydrogen-bond donors (Lipinski definition) is 2. The highest BCUT2D eigenvalue weighted by Crippen LogP contribution is 2.21. The van der Waals surface area contributed by atoms with Gasteiger partial charge in [0, 0.05) is 44.5 Å². The molecule has 0 radical (unpaired) electrons. The van der Waals surface area contributed by atoms with Crippen LogP contribution in [0.1, 0.15) is 47.4 Å². The third kappa shape index (κ3) is 5.19. The molecule has 152 valence electrons. The number of piperazine rings is 1. The van der Waals surface area contributed by atoms with Crippen molar-refractivity contribution >= 4 is 23.8 Å². The van der Waals surface area contributed by atoms with Crippen molar-refractivity contribution < 1.29 is 14.4 Å². The molecule has 1 fully saturated rings. The zero-order chi connectivity index (χ0) is 20.5. The van der Waals surface area contributed by atoms with E-state index in [1.165, 1.54) is 4.90 Å². The Morgan fingerprint density at radius 2 is 2.04 bits per heavy atom. The van der Waals surface area contributed by atoms with E-state index >= 15 is 0 Å². The summed E-state index contributed by atoms with van der Waals surface area (Å²) < 4.78 is 0. The molecule has 1 saturated heterocycles. The summed E-state index contributed by atoms with van der Waals surface area (Å²) in [6.07, 6.45) is 5.29. The van der Waals surface area contributed by atoms with Gasteiger partial charge in [-0.2, -0.15) is 0 Å². The number of hydrogen-bond acceptors (Lipinski definition) is 5. The molecule has 7 heteroatoms. The summed E-state index contributed by atoms with van der Waals surface area (Å²) >= 11 is 0. The normalized spacial score (nSPS) is 15.3. The molecule has 1 aliphatic heterocycles. The van der Waals surface area contributed by atoms with Crippen molar-refractivity contribution in [2.24, 2.45) is 0 Å². The maximum absolute atomic E-state index is 13.1. The Morgan fingerprint density at radius 3 is 2.64 bits per heavy atom. The third-order valence-corrected chi connectivity index (χ3v) is 4.92. The Bertz CT molecular complexity index is 726. The highest BCUT2D eigenvalue weighted by atomic mass is 16.2. The number of rotatable bonds is 8. The molecule has 2 rings (SSSR count). The monoisotopic (exact) mass is 386 g/mol. The van der Waals surface area contributed by atoms with Gasteiger partial charge < -0.3 is 20.4 Å². The van der Waals surface area contributed by atoms with Gasteiger partial charge in [-0.3, -0.25) is 14.4 Å². The molecule has 1 aromatic carbocycles. The van der Waals surface area contributed by atoms with Gasteiger partial charge in [0.25, 0.3) is 5.91 Å². The number of allylic oxidation sites excluding steroid dienone is 1. The second-order valence-corrected chi connectivity index (χ2v) is 6.86. The van der Waals surface area contributed by atoms with Crippen LogP contribution in [0.5, 0.6) is 0 Å². The minimum Gasteiger partial charge on any atom is -0.369 e. The van der Waals surface area contributed by atoms with E-state index in [9.17, 15) is 14.4 Å². The Hall–Kier alpha value is -2.67. The number of benzene rings is 1. The first-order valence-corrected chi connectivity index (χ1v) is 9.77. The highest BCUT2D eigenvalue weighted by Gasteiger charge is 2.28. The largest absolute Gasteiger partial charge is 0.369 e. The molecule has 28 heavy (non-hydrogen) atoms. The average Bonchev–Trinajstić information content (AvgIpc) is 2.74. The van der Waals surface area contributed by atoms with E-state index in [0.717, 1.165) is 38.3 Å². The van der Waals surface area contributed by atoms with Crippen LogP contribution in [0.25, 0.3) is 0 Å². The number of carbonyl (C=O) groups excluding carboxylic acids is 3. The highest BCUT2D eigenvalue weighted by molar-refractivity contribution is 6.03. The minimum absolute atomic E-state index is 0.235. The number of anilines is 1. The van der Waals surface area contributed by atoms with E-state index < -0.39 is 6.04 Å². The van der Waals surface area contributed by atoms with Crippen LogP contribution in [0.4, 0.5) is 5.69 Å². The SMILES string of the molecule is CC=CNC(=O)C(CCC)N(C)C(=O)c1ccc(N2CCNCC2)cc1C=O. The molecular formula is C21H30N4O3. The molecule has 0 saturated carbocycles. The van der Waals surface area contributed by atoms with Crippen LogP contribution < -0.4 is 15.5 Å². The lowest BCUT2D eigenvalue weighted by atomic mass is 10.0. The smallest absolute Gasteiger partial charge is 0.255 e. The number of nitrogens with zero attached hydrogens (tertiary/aromatic N) is 2. The topological polar surface area (TPSA) is 81.8 Å². The van der Waals surface area contributed by atoms with Gasteiger partial charge in [0.15, 0.2) is 6.29 Å². The average molecular weight is 386 g/mol. The zero-order valence-electron chi connectivity index (χ0n) is 16.9. The Balaban J connectivity index is 2.24. The van der Waals surface area contributed by atoms with Gasteiger partial charge in [0.1, 0.15) is 6.04 Å². The first-order valence-electron chi connectivity index (χ1n) is 9.77. The fraction of sp³-hybridized carbons (Fsp3) is 0.476. The van der Waals surface area contributed by atoms with Gasteiger partial charge in [-0.25, -0.2) is 0 Å². The van der Waals surface area contributed by atoms with Crippen molar-refractivity contribution in [1.82, 2.24) is 15.5 Å². The van der Waals surface area contributed by atoms with Gasteiger partial charge in [0.05, 0.1) is 5.56 Å². The number of likely N-dealkylation sites (N-methyl/N-ethyl adjacent to an activating group) is 1. The van der Waals surface area contributed by atoms with E-state index in [0.29, 0.717) is 23.8 Å². The van der Waals surface area contributed by atoms with Crippen molar-refractivity contribution in [2.45, 2.75) is 32.7 Å². The van der Waals surface area contributed by atoms with Crippen molar-refractivity contribution in [1.29, 1.82) is 0 Å². The van der Waals surface area contributed by atoms with Gasteiger partial charge in [-0.1, -0.05) is 19.4 Å². The molecule has 0 aliphatic carbocycles. The molecule has 2 N–H and O–H groups in total. The lowest BCUT2D eigenvalue weighted by molar-refractivity contribution is -0.124. The van der Waals surface area contributed by atoms with Crippen molar-refractivity contribution in [3.63, 3.8) is 0 Å². The molecule has 2 amide bonds. The molecule has 0 spiro atoms. The second kappa shape index (κ2) is 10.6. The molecule has 1 heterocycles. The first kappa shape index (κ1) is 21.6. The first-order chi connectivity index (χ1) is 13.5. The molecule has 1 aliphatic rings. The predicted octanol–water partition coefficient (Wildman–Crippen LogP) is 1.80. The molecule has 1 aromatic rings. The van der Waals surface area contributed by atoms with Crippen LogP contribution in [0, 0.1) is 0 Å². The Kier molecular flexibility index (Phi) is 8.19. The van der Waals surface area contributed by atoms with Crippen molar-refractivity contribution in [3.8, 4) is 0 Å². The van der Waals surface area contributed by atoms with E-state index in [4.69, 9.17) is 0 Å². The van der Waals surface area contributed by atoms with E-state index in [1.54, 1.807) is 38.4 Å². The maximum atomic E-state index is 13.1. The summed E-state index contributed by atoms with van der Waals surface area (Å²) in [5.41, 5.74) is 1.59. The molecule has 7 nitrogen and oxygen atoms in total. The molecule has 1 unspecified atom stereocenters. The quantitative estimate of drug-likeness (QED) is 0.666. The number of amides is 2. The number of carbonyl (C=O) groups is 3. The Labute approximate surface area is 166 Å². The van der Waals surface area contributed by atoms with Crippen LogP contribution in [0.15, 0.2) is 30.5 Å². The lowest BCUT2D eigenvalue weighted by Gasteiger charge is -2.30. The summed E-state index contributed by atoms with van der Waals surface area (Å²) in [5.74, 6) is -0.566. The van der Waals surface area contributed by atoms with E-state index in [-0.39, 0.29) is 11.8 Å². The van der Waals surface area contributed by atoms with Crippen LogP contribution in [-0.2, 0) is 4.79 Å². The number of nitrogens with one attached hydrogen (secondary N) is 2. The van der Waals surface area contributed by atoms with Gasteiger partial charge in [-0.05, 0) is 37.7 Å².